The molecule has 1 aromatic carbocycles. The van der Waals surface area contributed by atoms with Crippen LogP contribution in [-0.2, 0) is 9.53 Å². The highest BCUT2D eigenvalue weighted by molar-refractivity contribution is 5.80. The van der Waals surface area contributed by atoms with Crippen molar-refractivity contribution in [3.05, 3.63) is 41.7 Å². The van der Waals surface area contributed by atoms with Crippen molar-refractivity contribution in [2.45, 2.75) is 13.0 Å². The molecular weight excluding hydrogens is 299 g/mol. The Morgan fingerprint density at radius 3 is 2.91 bits per heavy atom. The van der Waals surface area contributed by atoms with E-state index in [1.54, 1.807) is 12.1 Å². The number of carbonyl (C=O) groups excluding carboxylic acids is 1. The van der Waals surface area contributed by atoms with Gasteiger partial charge in [-0.2, -0.15) is 0 Å². The molecule has 0 spiro atoms. The SMILES string of the molecule is Cc1cc(-c2cccc(F)c2)nnc1N1CCOC(C(N)=O)C1. The van der Waals surface area contributed by atoms with E-state index < -0.39 is 12.0 Å². The third-order valence-corrected chi connectivity index (χ3v) is 3.76. The van der Waals surface area contributed by atoms with Gasteiger partial charge in [0.1, 0.15) is 5.82 Å². The van der Waals surface area contributed by atoms with E-state index in [1.807, 2.05) is 17.9 Å². The fourth-order valence-corrected chi connectivity index (χ4v) is 2.59. The molecule has 3 rings (SSSR count). The van der Waals surface area contributed by atoms with Crippen molar-refractivity contribution in [2.75, 3.05) is 24.6 Å². The molecule has 2 N–H and O–H groups in total. The van der Waals surface area contributed by atoms with Crippen molar-refractivity contribution in [2.24, 2.45) is 5.73 Å². The Kier molecular flexibility index (Phi) is 4.20. The van der Waals surface area contributed by atoms with Crippen molar-refractivity contribution >= 4 is 11.7 Å². The van der Waals surface area contributed by atoms with Gasteiger partial charge in [0.25, 0.3) is 0 Å². The lowest BCUT2D eigenvalue weighted by atomic mass is 10.1. The molecule has 2 heterocycles. The molecule has 6 nitrogen and oxygen atoms in total. The van der Waals surface area contributed by atoms with E-state index in [1.165, 1.54) is 12.1 Å². The minimum Gasteiger partial charge on any atom is -0.367 e. The Morgan fingerprint density at radius 2 is 2.22 bits per heavy atom. The number of nitrogens with two attached hydrogens (primary N) is 1. The third kappa shape index (κ3) is 3.29. The number of rotatable bonds is 3. The zero-order valence-corrected chi connectivity index (χ0v) is 12.7. The number of anilines is 1. The smallest absolute Gasteiger partial charge is 0.248 e. The van der Waals surface area contributed by atoms with Gasteiger partial charge in [-0.1, -0.05) is 12.1 Å². The van der Waals surface area contributed by atoms with Crippen molar-refractivity contribution in [3.63, 3.8) is 0 Å². The second-order valence-corrected chi connectivity index (χ2v) is 5.45. The second kappa shape index (κ2) is 6.29. The largest absolute Gasteiger partial charge is 0.367 e. The highest BCUT2D eigenvalue weighted by Crippen LogP contribution is 2.24. The summed E-state index contributed by atoms with van der Waals surface area (Å²) in [6.45, 7) is 3.27. The molecule has 1 aromatic heterocycles. The van der Waals surface area contributed by atoms with Crippen LogP contribution in [0.4, 0.5) is 10.2 Å². The van der Waals surface area contributed by atoms with Crippen LogP contribution in [0.25, 0.3) is 11.3 Å². The van der Waals surface area contributed by atoms with Crippen LogP contribution in [0.5, 0.6) is 0 Å². The predicted molar refractivity (Wildman–Crippen MR) is 83.3 cm³/mol. The number of aromatic nitrogens is 2. The summed E-state index contributed by atoms with van der Waals surface area (Å²) in [5, 5.41) is 8.43. The summed E-state index contributed by atoms with van der Waals surface area (Å²) in [6.07, 6.45) is -0.646. The van der Waals surface area contributed by atoms with Crippen molar-refractivity contribution in [1.29, 1.82) is 0 Å². The standard InChI is InChI=1S/C16H17FN4O2/c1-10-7-13(11-3-2-4-12(17)8-11)19-20-16(10)21-5-6-23-14(9-21)15(18)22/h2-4,7-8,14H,5-6,9H2,1H3,(H2,18,22). The number of hydrogen-bond donors (Lipinski definition) is 1. The summed E-state index contributed by atoms with van der Waals surface area (Å²) in [5.74, 6) is -0.125. The number of ether oxygens (including phenoxy) is 1. The van der Waals surface area contributed by atoms with E-state index in [4.69, 9.17) is 10.5 Å². The van der Waals surface area contributed by atoms with Gasteiger partial charge in [-0.3, -0.25) is 4.79 Å². The Balaban J connectivity index is 1.86. The lowest BCUT2D eigenvalue weighted by Crippen LogP contribution is -2.49. The first kappa shape index (κ1) is 15.4. The Hall–Kier alpha value is -2.54. The minimum absolute atomic E-state index is 0.316. The van der Waals surface area contributed by atoms with E-state index in [-0.39, 0.29) is 5.82 Å². The molecule has 0 saturated carbocycles. The Bertz CT molecular complexity index is 738. The lowest BCUT2D eigenvalue weighted by Gasteiger charge is -2.32. The molecule has 7 heteroatoms. The molecule has 1 aliphatic heterocycles. The molecule has 1 unspecified atom stereocenters. The maximum atomic E-state index is 13.3. The monoisotopic (exact) mass is 316 g/mol. The Morgan fingerprint density at radius 1 is 1.39 bits per heavy atom. The molecule has 0 bridgehead atoms. The average molecular weight is 316 g/mol. The van der Waals surface area contributed by atoms with Crippen molar-refractivity contribution in [3.8, 4) is 11.3 Å². The number of benzene rings is 1. The van der Waals surface area contributed by atoms with Crippen molar-refractivity contribution < 1.29 is 13.9 Å². The van der Waals surface area contributed by atoms with Gasteiger partial charge in [-0.25, -0.2) is 4.39 Å². The van der Waals surface area contributed by atoms with Crippen LogP contribution >= 0.6 is 0 Å². The zero-order chi connectivity index (χ0) is 16.4. The van der Waals surface area contributed by atoms with E-state index in [2.05, 4.69) is 10.2 Å². The number of nitrogens with zero attached hydrogens (tertiary/aromatic N) is 3. The number of amides is 1. The first-order chi connectivity index (χ1) is 11.0. The highest BCUT2D eigenvalue weighted by Gasteiger charge is 2.26. The number of carbonyl (C=O) groups is 1. The van der Waals surface area contributed by atoms with Crippen LogP contribution < -0.4 is 10.6 Å². The van der Waals surface area contributed by atoms with Gasteiger partial charge in [0.05, 0.1) is 18.8 Å². The molecule has 23 heavy (non-hydrogen) atoms. The maximum absolute atomic E-state index is 13.3. The molecule has 1 fully saturated rings. The number of aryl methyl sites for hydroxylation is 1. The molecule has 120 valence electrons. The quantitative estimate of drug-likeness (QED) is 0.922. The van der Waals surface area contributed by atoms with E-state index >= 15 is 0 Å². The third-order valence-electron chi connectivity index (χ3n) is 3.76. The molecule has 1 atom stereocenters. The maximum Gasteiger partial charge on any atom is 0.248 e. The number of halogens is 1. The van der Waals surface area contributed by atoms with E-state index in [0.29, 0.717) is 36.8 Å². The van der Waals surface area contributed by atoms with Crippen LogP contribution in [0.15, 0.2) is 30.3 Å². The average Bonchev–Trinajstić information content (AvgIpc) is 2.55. The van der Waals surface area contributed by atoms with Gasteiger partial charge in [0.15, 0.2) is 11.9 Å². The number of morpholine rings is 1. The van der Waals surface area contributed by atoms with Gasteiger partial charge in [-0.15, -0.1) is 10.2 Å². The molecule has 2 aromatic rings. The fraction of sp³-hybridized carbons (Fsp3) is 0.312. The number of hydrogen-bond acceptors (Lipinski definition) is 5. The molecular formula is C16H17FN4O2. The Labute approximate surface area is 133 Å². The van der Waals surface area contributed by atoms with Gasteiger partial charge in [-0.05, 0) is 30.7 Å². The topological polar surface area (TPSA) is 81.3 Å². The van der Waals surface area contributed by atoms with Gasteiger partial charge >= 0.3 is 0 Å². The van der Waals surface area contributed by atoms with Crippen molar-refractivity contribution in [1.82, 2.24) is 10.2 Å². The summed E-state index contributed by atoms with van der Waals surface area (Å²) in [7, 11) is 0. The van der Waals surface area contributed by atoms with Gasteiger partial charge in [0.2, 0.25) is 5.91 Å². The lowest BCUT2D eigenvalue weighted by molar-refractivity contribution is -0.130. The summed E-state index contributed by atoms with van der Waals surface area (Å²) in [6, 6.07) is 8.07. The van der Waals surface area contributed by atoms with Gasteiger partial charge in [0, 0.05) is 12.1 Å². The normalized spacial score (nSPS) is 18.0. The molecule has 0 radical (unpaired) electrons. The molecule has 0 aliphatic carbocycles. The highest BCUT2D eigenvalue weighted by atomic mass is 19.1. The number of primary amides is 1. The second-order valence-electron chi connectivity index (χ2n) is 5.45. The van der Waals surface area contributed by atoms with Crippen LogP contribution in [0, 0.1) is 12.7 Å². The summed E-state index contributed by atoms with van der Waals surface area (Å²) in [4.78, 5) is 13.2. The molecule has 1 aliphatic rings. The molecule has 1 amide bonds. The summed E-state index contributed by atoms with van der Waals surface area (Å²) in [5.41, 5.74) is 7.46. The fourth-order valence-electron chi connectivity index (χ4n) is 2.59. The molecule has 1 saturated heterocycles. The van der Waals surface area contributed by atoms with Crippen LogP contribution in [0.2, 0.25) is 0 Å². The zero-order valence-electron chi connectivity index (χ0n) is 12.7. The van der Waals surface area contributed by atoms with E-state index in [9.17, 15) is 9.18 Å². The summed E-state index contributed by atoms with van der Waals surface area (Å²) < 4.78 is 18.7. The first-order valence-electron chi connectivity index (χ1n) is 7.31. The van der Waals surface area contributed by atoms with E-state index in [0.717, 1.165) is 5.56 Å². The van der Waals surface area contributed by atoms with Crippen LogP contribution in [0.1, 0.15) is 5.56 Å². The minimum atomic E-state index is -0.646. The van der Waals surface area contributed by atoms with Crippen LogP contribution in [-0.4, -0.2) is 41.9 Å². The predicted octanol–water partition coefficient (Wildman–Crippen LogP) is 1.28. The van der Waals surface area contributed by atoms with Gasteiger partial charge < -0.3 is 15.4 Å². The first-order valence-corrected chi connectivity index (χ1v) is 7.31. The van der Waals surface area contributed by atoms with Crippen LogP contribution in [0.3, 0.4) is 0 Å². The summed E-state index contributed by atoms with van der Waals surface area (Å²) >= 11 is 0.